The fourth-order valence-corrected chi connectivity index (χ4v) is 5.44. The third-order valence-electron chi connectivity index (χ3n) is 7.17. The topological polar surface area (TPSA) is 37.3 Å². The summed E-state index contributed by atoms with van der Waals surface area (Å²) in [6.45, 7) is 0. The zero-order valence-corrected chi connectivity index (χ0v) is 17.2. The van der Waals surface area contributed by atoms with Crippen LogP contribution in [0.15, 0.2) is 0 Å². The monoisotopic (exact) mass is 364 g/mol. The van der Waals surface area contributed by atoms with Crippen molar-refractivity contribution in [2.75, 3.05) is 0 Å². The van der Waals surface area contributed by atoms with Crippen molar-refractivity contribution in [3.8, 4) is 0 Å². The van der Waals surface area contributed by atoms with Gasteiger partial charge in [-0.1, -0.05) is 116 Å². The van der Waals surface area contributed by atoms with E-state index in [-0.39, 0.29) is 5.92 Å². The summed E-state index contributed by atoms with van der Waals surface area (Å²) in [7, 11) is 0. The SMILES string of the molecule is O=C(O)C1CCCCCC(C2CCCCCCCCCCC2)CCCC1. The number of rotatable bonds is 2. The predicted molar refractivity (Wildman–Crippen MR) is 110 cm³/mol. The molecule has 2 nitrogen and oxygen atoms in total. The lowest BCUT2D eigenvalue weighted by Crippen LogP contribution is -2.16. The van der Waals surface area contributed by atoms with Crippen LogP contribution in [0.4, 0.5) is 0 Å². The molecule has 1 N–H and O–H groups in total. The van der Waals surface area contributed by atoms with E-state index in [9.17, 15) is 9.90 Å². The molecule has 152 valence electrons. The zero-order valence-electron chi connectivity index (χ0n) is 17.2. The Labute approximate surface area is 162 Å². The number of aliphatic carboxylic acids is 1. The summed E-state index contributed by atoms with van der Waals surface area (Å²) in [4.78, 5) is 11.4. The first kappa shape index (κ1) is 21.8. The molecule has 0 radical (unpaired) electrons. The Kier molecular flexibility index (Phi) is 11.4. The van der Waals surface area contributed by atoms with Gasteiger partial charge in [-0.2, -0.15) is 0 Å². The van der Waals surface area contributed by atoms with Crippen LogP contribution in [0.5, 0.6) is 0 Å². The minimum absolute atomic E-state index is 0.0760. The van der Waals surface area contributed by atoms with Crippen molar-refractivity contribution in [1.29, 1.82) is 0 Å². The summed E-state index contributed by atoms with van der Waals surface area (Å²) in [6.07, 6.45) is 26.6. The van der Waals surface area contributed by atoms with E-state index in [0.717, 1.165) is 37.5 Å². The van der Waals surface area contributed by atoms with E-state index >= 15 is 0 Å². The fourth-order valence-electron chi connectivity index (χ4n) is 5.44. The Bertz CT molecular complexity index is 353. The van der Waals surface area contributed by atoms with Crippen LogP contribution >= 0.6 is 0 Å². The maximum Gasteiger partial charge on any atom is 0.306 e. The minimum Gasteiger partial charge on any atom is -0.481 e. The van der Waals surface area contributed by atoms with Crippen LogP contribution in [-0.2, 0) is 4.79 Å². The largest absolute Gasteiger partial charge is 0.481 e. The summed E-state index contributed by atoms with van der Waals surface area (Å²) < 4.78 is 0. The van der Waals surface area contributed by atoms with Crippen molar-refractivity contribution in [3.05, 3.63) is 0 Å². The van der Waals surface area contributed by atoms with Crippen LogP contribution in [-0.4, -0.2) is 11.1 Å². The molecule has 2 saturated carbocycles. The third kappa shape index (κ3) is 8.91. The van der Waals surface area contributed by atoms with Gasteiger partial charge in [-0.15, -0.1) is 0 Å². The van der Waals surface area contributed by atoms with Gasteiger partial charge >= 0.3 is 5.97 Å². The summed E-state index contributed by atoms with van der Waals surface area (Å²) in [5, 5.41) is 9.39. The second-order valence-corrected chi connectivity index (χ2v) is 9.24. The van der Waals surface area contributed by atoms with Crippen LogP contribution in [0.3, 0.4) is 0 Å². The molecule has 0 amide bonds. The summed E-state index contributed by atoms with van der Waals surface area (Å²) in [5.41, 5.74) is 0. The van der Waals surface area contributed by atoms with E-state index in [0.29, 0.717) is 0 Å². The molecule has 26 heavy (non-hydrogen) atoms. The summed E-state index contributed by atoms with van der Waals surface area (Å²) in [5.74, 6) is 1.23. The standard InChI is InChI=1S/C24H44O2/c25-24(26)23-19-12-8-11-17-22(18-13-14-20-23)21-15-9-6-4-2-1-3-5-7-10-16-21/h21-23H,1-20H2,(H,25,26). The molecule has 0 spiro atoms. The first-order valence-corrected chi connectivity index (χ1v) is 12.0. The van der Waals surface area contributed by atoms with Crippen molar-refractivity contribution in [2.45, 2.75) is 128 Å². The molecule has 2 atom stereocenters. The van der Waals surface area contributed by atoms with Gasteiger partial charge in [-0.05, 0) is 24.7 Å². The first-order valence-electron chi connectivity index (χ1n) is 12.0. The highest BCUT2D eigenvalue weighted by atomic mass is 16.4. The van der Waals surface area contributed by atoms with Gasteiger partial charge in [0.05, 0.1) is 5.92 Å². The molecule has 0 aliphatic heterocycles. The van der Waals surface area contributed by atoms with Gasteiger partial charge in [0, 0.05) is 0 Å². The van der Waals surface area contributed by atoms with Gasteiger partial charge in [-0.25, -0.2) is 0 Å². The molecule has 0 saturated heterocycles. The first-order chi connectivity index (χ1) is 12.8. The number of carbonyl (C=O) groups is 1. The van der Waals surface area contributed by atoms with E-state index in [4.69, 9.17) is 0 Å². The van der Waals surface area contributed by atoms with Gasteiger partial charge in [0.25, 0.3) is 0 Å². The normalized spacial score (nSPS) is 29.7. The molecule has 2 heteroatoms. The molecular weight excluding hydrogens is 320 g/mol. The van der Waals surface area contributed by atoms with Crippen LogP contribution in [0.25, 0.3) is 0 Å². The van der Waals surface area contributed by atoms with E-state index in [2.05, 4.69) is 0 Å². The van der Waals surface area contributed by atoms with Crippen molar-refractivity contribution in [1.82, 2.24) is 0 Å². The molecule has 2 fully saturated rings. The molecule has 0 heterocycles. The Hall–Kier alpha value is -0.530. The second-order valence-electron chi connectivity index (χ2n) is 9.24. The fraction of sp³-hybridized carbons (Fsp3) is 0.958. The summed E-state index contributed by atoms with van der Waals surface area (Å²) in [6, 6.07) is 0. The average molecular weight is 365 g/mol. The van der Waals surface area contributed by atoms with E-state index in [1.807, 2.05) is 0 Å². The third-order valence-corrected chi connectivity index (χ3v) is 7.17. The molecule has 0 bridgehead atoms. The minimum atomic E-state index is -0.555. The number of carboxylic acids is 1. The Morgan fingerprint density at radius 3 is 1.15 bits per heavy atom. The number of hydrogen-bond acceptors (Lipinski definition) is 1. The van der Waals surface area contributed by atoms with E-state index < -0.39 is 5.97 Å². The van der Waals surface area contributed by atoms with E-state index in [1.165, 1.54) is 103 Å². The molecule has 0 aromatic carbocycles. The Morgan fingerprint density at radius 1 is 0.462 bits per heavy atom. The van der Waals surface area contributed by atoms with Crippen LogP contribution in [0, 0.1) is 17.8 Å². The molecular formula is C24H44O2. The highest BCUT2D eigenvalue weighted by Crippen LogP contribution is 2.34. The van der Waals surface area contributed by atoms with Gasteiger partial charge in [0.2, 0.25) is 0 Å². The maximum atomic E-state index is 11.4. The zero-order chi connectivity index (χ0) is 18.5. The maximum absolute atomic E-state index is 11.4. The number of hydrogen-bond donors (Lipinski definition) is 1. The molecule has 0 aromatic heterocycles. The van der Waals surface area contributed by atoms with Gasteiger partial charge in [0.15, 0.2) is 0 Å². The second kappa shape index (κ2) is 13.6. The number of carboxylic acid groups (broad SMARTS) is 1. The molecule has 2 rings (SSSR count). The lowest BCUT2D eigenvalue weighted by molar-refractivity contribution is -0.142. The highest BCUT2D eigenvalue weighted by Gasteiger charge is 2.23. The quantitative estimate of drug-likeness (QED) is 0.544. The Morgan fingerprint density at radius 2 is 0.731 bits per heavy atom. The average Bonchev–Trinajstić information content (AvgIpc) is 2.67. The van der Waals surface area contributed by atoms with Gasteiger partial charge < -0.3 is 5.11 Å². The summed E-state index contributed by atoms with van der Waals surface area (Å²) >= 11 is 0. The Balaban J connectivity index is 1.86. The van der Waals surface area contributed by atoms with Crippen molar-refractivity contribution in [3.63, 3.8) is 0 Å². The van der Waals surface area contributed by atoms with Crippen molar-refractivity contribution < 1.29 is 9.90 Å². The van der Waals surface area contributed by atoms with Crippen molar-refractivity contribution >= 4 is 5.97 Å². The molecule has 2 unspecified atom stereocenters. The lowest BCUT2D eigenvalue weighted by atomic mass is 9.78. The molecule has 2 aliphatic carbocycles. The van der Waals surface area contributed by atoms with Gasteiger partial charge in [-0.3, -0.25) is 4.79 Å². The van der Waals surface area contributed by atoms with E-state index in [1.54, 1.807) is 0 Å². The van der Waals surface area contributed by atoms with Crippen molar-refractivity contribution in [2.24, 2.45) is 17.8 Å². The van der Waals surface area contributed by atoms with Crippen LogP contribution in [0.2, 0.25) is 0 Å². The highest BCUT2D eigenvalue weighted by molar-refractivity contribution is 5.69. The van der Waals surface area contributed by atoms with Gasteiger partial charge in [0.1, 0.15) is 0 Å². The molecule has 2 aliphatic rings. The smallest absolute Gasteiger partial charge is 0.306 e. The lowest BCUT2D eigenvalue weighted by Gasteiger charge is -2.28. The van der Waals surface area contributed by atoms with Crippen LogP contribution < -0.4 is 0 Å². The predicted octanol–water partition coefficient (Wildman–Crippen LogP) is 7.75. The van der Waals surface area contributed by atoms with Crippen LogP contribution in [0.1, 0.15) is 128 Å². The molecule has 0 aromatic rings.